The van der Waals surface area contributed by atoms with Crippen LogP contribution in [0.25, 0.3) is 6.08 Å². The van der Waals surface area contributed by atoms with E-state index >= 15 is 0 Å². The number of halogens is 1. The third-order valence-corrected chi connectivity index (χ3v) is 6.39. The van der Waals surface area contributed by atoms with E-state index in [0.717, 1.165) is 49.2 Å². The largest absolute Gasteiger partial charge is 0.369 e. The first kappa shape index (κ1) is 20.7. The van der Waals surface area contributed by atoms with E-state index in [2.05, 4.69) is 9.89 Å². The Balaban J connectivity index is 1.65. The molecule has 6 heteroatoms. The molecular formula is C24H26FN3OS. The van der Waals surface area contributed by atoms with Gasteiger partial charge in [0.2, 0.25) is 0 Å². The number of hydrogen-bond donors (Lipinski definition) is 0. The monoisotopic (exact) mass is 423 g/mol. The minimum Gasteiger partial charge on any atom is -0.369 e. The highest BCUT2D eigenvalue weighted by molar-refractivity contribution is 8.18. The van der Waals surface area contributed by atoms with Gasteiger partial charge in [-0.1, -0.05) is 25.1 Å². The fourth-order valence-electron chi connectivity index (χ4n) is 3.80. The Labute approximate surface area is 181 Å². The Morgan fingerprint density at radius 1 is 1.17 bits per heavy atom. The Morgan fingerprint density at radius 3 is 2.60 bits per heavy atom. The van der Waals surface area contributed by atoms with Crippen molar-refractivity contribution in [3.05, 3.63) is 64.3 Å². The minimum absolute atomic E-state index is 0.0695. The molecule has 0 N–H and O–H groups in total. The molecule has 0 aliphatic carbocycles. The molecule has 0 saturated carbocycles. The normalized spacial score (nSPS) is 19.5. The predicted molar refractivity (Wildman–Crippen MR) is 124 cm³/mol. The van der Waals surface area contributed by atoms with Crippen LogP contribution in [0.5, 0.6) is 0 Å². The van der Waals surface area contributed by atoms with Crippen LogP contribution in [0, 0.1) is 12.7 Å². The summed E-state index contributed by atoms with van der Waals surface area (Å²) in [4.78, 5) is 22.1. The van der Waals surface area contributed by atoms with E-state index < -0.39 is 0 Å². The predicted octanol–water partition coefficient (Wildman–Crippen LogP) is 5.75. The molecule has 30 heavy (non-hydrogen) atoms. The number of carbonyl (C=O) groups excluding carboxylic acids is 1. The summed E-state index contributed by atoms with van der Waals surface area (Å²) in [5.74, 6) is -0.298. The molecule has 0 radical (unpaired) electrons. The first-order valence-corrected chi connectivity index (χ1v) is 11.3. The van der Waals surface area contributed by atoms with Crippen molar-refractivity contribution in [1.82, 2.24) is 4.90 Å². The number of nitrogens with zero attached hydrogens (tertiary/aromatic N) is 3. The third kappa shape index (κ3) is 4.29. The number of amides is 1. The molecule has 4 nitrogen and oxygen atoms in total. The smallest absolute Gasteiger partial charge is 0.266 e. The van der Waals surface area contributed by atoms with Crippen LogP contribution < -0.4 is 4.90 Å². The van der Waals surface area contributed by atoms with Gasteiger partial charge in [-0.15, -0.1) is 0 Å². The zero-order valence-electron chi connectivity index (χ0n) is 17.4. The van der Waals surface area contributed by atoms with Crippen molar-refractivity contribution in [2.75, 3.05) is 24.5 Å². The summed E-state index contributed by atoms with van der Waals surface area (Å²) in [7, 11) is 0. The second-order valence-electron chi connectivity index (χ2n) is 7.65. The standard InChI is InChI=1S/C24H26FN3OS/c1-3-11-28-23(29)22(30-24(28)26-19-9-5-4-6-10-19)16-18-15-20(25)21(14-17(18)2)27-12-7-8-13-27/h4-6,9-10,14-16H,3,7-8,11-13H2,1-2H3. The molecule has 4 rings (SSSR count). The first-order chi connectivity index (χ1) is 14.6. The van der Waals surface area contributed by atoms with Crippen molar-refractivity contribution in [3.8, 4) is 0 Å². The number of rotatable bonds is 5. The van der Waals surface area contributed by atoms with Crippen molar-refractivity contribution in [2.45, 2.75) is 33.1 Å². The Kier molecular flexibility index (Phi) is 6.23. The summed E-state index contributed by atoms with van der Waals surface area (Å²) in [5, 5.41) is 0.672. The van der Waals surface area contributed by atoms with Crippen molar-refractivity contribution < 1.29 is 9.18 Å². The lowest BCUT2D eigenvalue weighted by Crippen LogP contribution is -2.29. The van der Waals surface area contributed by atoms with Gasteiger partial charge in [0.15, 0.2) is 5.17 Å². The number of benzene rings is 2. The summed E-state index contributed by atoms with van der Waals surface area (Å²) in [6, 6.07) is 13.1. The lowest BCUT2D eigenvalue weighted by atomic mass is 10.1. The van der Waals surface area contributed by atoms with Crippen LogP contribution in [0.4, 0.5) is 15.8 Å². The lowest BCUT2D eigenvalue weighted by Gasteiger charge is -2.19. The number of para-hydroxylation sites is 1. The SMILES string of the molecule is CCCN1C(=O)C(=Cc2cc(F)c(N3CCCC3)cc2C)SC1=Nc1ccccc1. The molecule has 2 saturated heterocycles. The average molecular weight is 424 g/mol. The summed E-state index contributed by atoms with van der Waals surface area (Å²) in [6.07, 6.45) is 4.85. The highest BCUT2D eigenvalue weighted by Gasteiger charge is 2.33. The summed E-state index contributed by atoms with van der Waals surface area (Å²) in [6.45, 7) is 6.41. The van der Waals surface area contributed by atoms with Gasteiger partial charge in [-0.2, -0.15) is 0 Å². The van der Waals surface area contributed by atoms with Gasteiger partial charge in [0.05, 0.1) is 16.3 Å². The number of anilines is 1. The highest BCUT2D eigenvalue weighted by atomic mass is 32.2. The Hall–Kier alpha value is -2.60. The molecule has 2 aliphatic heterocycles. The average Bonchev–Trinajstić information content (AvgIpc) is 3.36. The van der Waals surface area contributed by atoms with Crippen LogP contribution in [-0.2, 0) is 4.79 Å². The molecule has 0 spiro atoms. The fraction of sp³-hybridized carbons (Fsp3) is 0.333. The summed E-state index contributed by atoms with van der Waals surface area (Å²) in [5.41, 5.74) is 3.18. The van der Waals surface area contributed by atoms with E-state index in [-0.39, 0.29) is 11.7 Å². The van der Waals surface area contributed by atoms with Crippen LogP contribution in [-0.4, -0.2) is 35.6 Å². The van der Waals surface area contributed by atoms with Gasteiger partial charge in [0.25, 0.3) is 5.91 Å². The van der Waals surface area contributed by atoms with Crippen molar-refractivity contribution in [1.29, 1.82) is 0 Å². The van der Waals surface area contributed by atoms with Gasteiger partial charge in [0, 0.05) is 19.6 Å². The number of aryl methyl sites for hydroxylation is 1. The van der Waals surface area contributed by atoms with E-state index in [1.165, 1.54) is 11.8 Å². The molecule has 2 fully saturated rings. The molecule has 0 bridgehead atoms. The number of thioether (sulfide) groups is 1. The van der Waals surface area contributed by atoms with Crippen molar-refractivity contribution in [3.63, 3.8) is 0 Å². The van der Waals surface area contributed by atoms with E-state index in [1.54, 1.807) is 17.0 Å². The molecule has 0 atom stereocenters. The third-order valence-electron chi connectivity index (χ3n) is 5.39. The molecular weight excluding hydrogens is 397 g/mol. The fourth-order valence-corrected chi connectivity index (χ4v) is 4.82. The second kappa shape index (κ2) is 9.04. The minimum atomic E-state index is -0.228. The molecule has 2 aromatic carbocycles. The molecule has 0 aromatic heterocycles. The van der Waals surface area contributed by atoms with E-state index in [9.17, 15) is 9.18 Å². The van der Waals surface area contributed by atoms with Gasteiger partial charge in [-0.3, -0.25) is 9.69 Å². The van der Waals surface area contributed by atoms with Crippen molar-refractivity contribution >= 4 is 40.3 Å². The highest BCUT2D eigenvalue weighted by Crippen LogP contribution is 2.35. The number of aliphatic imine (C=N–C) groups is 1. The van der Waals surface area contributed by atoms with E-state index in [0.29, 0.717) is 22.3 Å². The van der Waals surface area contributed by atoms with Crippen LogP contribution in [0.1, 0.15) is 37.3 Å². The summed E-state index contributed by atoms with van der Waals surface area (Å²) < 4.78 is 14.8. The maximum absolute atomic E-state index is 14.8. The molecule has 2 aliphatic rings. The van der Waals surface area contributed by atoms with Gasteiger partial charge in [-0.05, 0) is 79.4 Å². The van der Waals surface area contributed by atoms with Gasteiger partial charge in [0.1, 0.15) is 5.82 Å². The molecule has 1 amide bonds. The second-order valence-corrected chi connectivity index (χ2v) is 8.66. The van der Waals surface area contributed by atoms with Gasteiger partial charge >= 0.3 is 0 Å². The molecule has 2 heterocycles. The van der Waals surface area contributed by atoms with Crippen LogP contribution >= 0.6 is 11.8 Å². The Morgan fingerprint density at radius 2 is 1.90 bits per heavy atom. The van der Waals surface area contributed by atoms with Gasteiger partial charge in [-0.25, -0.2) is 9.38 Å². The quantitative estimate of drug-likeness (QED) is 0.575. The van der Waals surface area contributed by atoms with E-state index in [1.807, 2.05) is 50.2 Å². The Bertz CT molecular complexity index is 997. The maximum atomic E-state index is 14.8. The zero-order chi connectivity index (χ0) is 21.1. The van der Waals surface area contributed by atoms with E-state index in [4.69, 9.17) is 0 Å². The number of hydrogen-bond acceptors (Lipinski definition) is 4. The molecule has 156 valence electrons. The topological polar surface area (TPSA) is 35.9 Å². The lowest BCUT2D eigenvalue weighted by molar-refractivity contribution is -0.122. The maximum Gasteiger partial charge on any atom is 0.266 e. The van der Waals surface area contributed by atoms with Gasteiger partial charge < -0.3 is 4.90 Å². The molecule has 0 unspecified atom stereocenters. The van der Waals surface area contributed by atoms with Crippen LogP contribution in [0.15, 0.2) is 52.4 Å². The number of carbonyl (C=O) groups is 1. The van der Waals surface area contributed by atoms with Crippen LogP contribution in [0.2, 0.25) is 0 Å². The summed E-state index contributed by atoms with van der Waals surface area (Å²) >= 11 is 1.36. The first-order valence-electron chi connectivity index (χ1n) is 10.5. The van der Waals surface area contributed by atoms with Crippen molar-refractivity contribution in [2.24, 2.45) is 4.99 Å². The number of amidine groups is 1. The van der Waals surface area contributed by atoms with Crippen LogP contribution in [0.3, 0.4) is 0 Å². The zero-order valence-corrected chi connectivity index (χ0v) is 18.2. The molecule has 2 aromatic rings.